The third-order valence-corrected chi connectivity index (χ3v) is 4.30. The predicted octanol–water partition coefficient (Wildman–Crippen LogP) is 1.95. The second kappa shape index (κ2) is 6.17. The van der Waals surface area contributed by atoms with Crippen LogP contribution in [0.25, 0.3) is 0 Å². The summed E-state index contributed by atoms with van der Waals surface area (Å²) in [6.45, 7) is 1.78. The Morgan fingerprint density at radius 3 is 2.75 bits per heavy atom. The number of carbonyl (C=O) groups excluding carboxylic acids is 2. The number of methoxy groups -OCH3 is 1. The van der Waals surface area contributed by atoms with Crippen molar-refractivity contribution >= 4 is 12.1 Å². The number of rotatable bonds is 2. The van der Waals surface area contributed by atoms with Crippen molar-refractivity contribution in [1.82, 2.24) is 4.90 Å². The minimum Gasteiger partial charge on any atom is -0.462 e. The van der Waals surface area contributed by atoms with Crippen LogP contribution in [0.1, 0.15) is 39.0 Å². The van der Waals surface area contributed by atoms with Crippen molar-refractivity contribution in [1.29, 1.82) is 0 Å². The van der Waals surface area contributed by atoms with E-state index in [0.717, 1.165) is 19.3 Å². The highest BCUT2D eigenvalue weighted by atomic mass is 16.5. The minimum atomic E-state index is -0.386. The molecule has 110 valence electrons. The van der Waals surface area contributed by atoms with E-state index < -0.39 is 0 Å². The van der Waals surface area contributed by atoms with Crippen molar-refractivity contribution in [2.45, 2.75) is 57.2 Å². The Morgan fingerprint density at radius 1 is 1.40 bits per heavy atom. The first-order valence-electron chi connectivity index (χ1n) is 7.14. The Kier molecular flexibility index (Phi) is 4.53. The van der Waals surface area contributed by atoms with E-state index in [1.165, 1.54) is 7.11 Å². The summed E-state index contributed by atoms with van der Waals surface area (Å²) in [6, 6.07) is -0.245. The monoisotopic (exact) mass is 279 g/mol. The van der Waals surface area contributed by atoms with Gasteiger partial charge >= 0.3 is 12.1 Å². The fourth-order valence-corrected chi connectivity index (χ4v) is 3.38. The van der Waals surface area contributed by atoms with Gasteiger partial charge in [0.25, 0.3) is 0 Å². The van der Waals surface area contributed by atoms with Crippen LogP contribution in [0.2, 0.25) is 0 Å². The Labute approximate surface area is 119 Å². The lowest BCUT2D eigenvalue weighted by atomic mass is 9.82. The molecule has 1 aliphatic heterocycles. The molecule has 0 aromatic carbocycles. The largest absolute Gasteiger partial charge is 0.462 e. The molecule has 1 unspecified atom stereocenters. The van der Waals surface area contributed by atoms with Gasteiger partial charge < -0.3 is 9.47 Å². The number of hydrogen-bond acceptors (Lipinski definition) is 4. The molecule has 5 nitrogen and oxygen atoms in total. The molecule has 0 radical (unpaired) electrons. The molecule has 1 saturated heterocycles. The van der Waals surface area contributed by atoms with Gasteiger partial charge in [-0.05, 0) is 25.7 Å². The van der Waals surface area contributed by atoms with Crippen LogP contribution in [0.5, 0.6) is 0 Å². The zero-order valence-electron chi connectivity index (χ0n) is 12.0. The third kappa shape index (κ3) is 2.60. The molecule has 5 heteroatoms. The fourth-order valence-electron chi connectivity index (χ4n) is 3.38. The van der Waals surface area contributed by atoms with Crippen molar-refractivity contribution in [3.05, 3.63) is 0 Å². The van der Waals surface area contributed by atoms with Crippen molar-refractivity contribution in [2.24, 2.45) is 5.92 Å². The van der Waals surface area contributed by atoms with Gasteiger partial charge in [0.15, 0.2) is 0 Å². The average Bonchev–Trinajstić information content (AvgIpc) is 2.85. The second-order valence-corrected chi connectivity index (χ2v) is 5.34. The Morgan fingerprint density at radius 2 is 2.15 bits per heavy atom. The van der Waals surface area contributed by atoms with Gasteiger partial charge in [0.2, 0.25) is 0 Å². The first kappa shape index (κ1) is 14.7. The maximum atomic E-state index is 11.9. The molecule has 0 aromatic rings. The molecular weight excluding hydrogens is 258 g/mol. The van der Waals surface area contributed by atoms with Crippen LogP contribution in [-0.4, -0.2) is 42.3 Å². The first-order valence-corrected chi connectivity index (χ1v) is 7.14. The number of terminal acetylenes is 1. The maximum absolute atomic E-state index is 11.9. The van der Waals surface area contributed by atoms with Crippen molar-refractivity contribution in [3.63, 3.8) is 0 Å². The molecule has 2 fully saturated rings. The van der Waals surface area contributed by atoms with E-state index in [1.807, 2.05) is 0 Å². The van der Waals surface area contributed by atoms with E-state index in [9.17, 15) is 9.59 Å². The van der Waals surface area contributed by atoms with Crippen LogP contribution in [0.4, 0.5) is 4.79 Å². The second-order valence-electron chi connectivity index (χ2n) is 5.34. The molecule has 0 spiro atoms. The van der Waals surface area contributed by atoms with Crippen LogP contribution < -0.4 is 0 Å². The normalized spacial score (nSPS) is 32.1. The maximum Gasteiger partial charge on any atom is 0.410 e. The molecule has 2 rings (SSSR count). The van der Waals surface area contributed by atoms with Gasteiger partial charge in [0.05, 0.1) is 13.2 Å². The standard InChI is InChI=1S/C15H21NO4/c1-4-10-9-11-12(16(10)15(18)19-3)7-6-8-13(11)20-14(17)5-2/h1,10-13H,5-9H2,2-3H3/t10?,11-,12-,13+/m1/s1. The van der Waals surface area contributed by atoms with Gasteiger partial charge in [0, 0.05) is 18.4 Å². The molecule has 0 bridgehead atoms. The molecule has 1 amide bonds. The first-order chi connectivity index (χ1) is 9.62. The van der Waals surface area contributed by atoms with Crippen LogP contribution in [0.15, 0.2) is 0 Å². The van der Waals surface area contributed by atoms with E-state index in [-0.39, 0.29) is 36.2 Å². The molecule has 0 N–H and O–H groups in total. The van der Waals surface area contributed by atoms with Crippen molar-refractivity contribution in [2.75, 3.05) is 7.11 Å². The summed E-state index contributed by atoms with van der Waals surface area (Å²) >= 11 is 0. The predicted molar refractivity (Wildman–Crippen MR) is 72.8 cm³/mol. The minimum absolute atomic E-state index is 0.0203. The SMILES string of the molecule is C#CC1C[C@H]2[C@@H](OC(=O)CC)CCC[C@H]2N1C(=O)OC. The van der Waals surface area contributed by atoms with Crippen molar-refractivity contribution < 1.29 is 19.1 Å². The van der Waals surface area contributed by atoms with E-state index in [0.29, 0.717) is 12.8 Å². The summed E-state index contributed by atoms with van der Waals surface area (Å²) in [4.78, 5) is 25.1. The van der Waals surface area contributed by atoms with E-state index in [2.05, 4.69) is 5.92 Å². The molecule has 20 heavy (non-hydrogen) atoms. The molecule has 1 heterocycles. The number of hydrogen-bond donors (Lipinski definition) is 0. The van der Waals surface area contributed by atoms with E-state index in [1.54, 1.807) is 11.8 Å². The highest BCUT2D eigenvalue weighted by Crippen LogP contribution is 2.41. The van der Waals surface area contributed by atoms with Gasteiger partial charge in [-0.2, -0.15) is 0 Å². The number of nitrogens with zero attached hydrogens (tertiary/aromatic N) is 1. The lowest BCUT2D eigenvalue weighted by Crippen LogP contribution is -2.46. The quantitative estimate of drug-likeness (QED) is 0.572. The number of carbonyl (C=O) groups is 2. The summed E-state index contributed by atoms with van der Waals surface area (Å²) < 4.78 is 10.4. The van der Waals surface area contributed by atoms with Gasteiger partial charge in [-0.3, -0.25) is 9.69 Å². The summed E-state index contributed by atoms with van der Waals surface area (Å²) in [7, 11) is 1.36. The van der Waals surface area contributed by atoms with Crippen LogP contribution >= 0.6 is 0 Å². The van der Waals surface area contributed by atoms with Gasteiger partial charge in [0.1, 0.15) is 6.10 Å². The highest BCUT2D eigenvalue weighted by Gasteiger charge is 2.49. The smallest absolute Gasteiger partial charge is 0.410 e. The Bertz CT molecular complexity index is 428. The fraction of sp³-hybridized carbons (Fsp3) is 0.733. The average molecular weight is 279 g/mol. The van der Waals surface area contributed by atoms with Crippen LogP contribution in [0.3, 0.4) is 0 Å². The summed E-state index contributed by atoms with van der Waals surface area (Å²) in [5.41, 5.74) is 0. The Hall–Kier alpha value is -1.70. The summed E-state index contributed by atoms with van der Waals surface area (Å²) in [5.74, 6) is 2.59. The Balaban J connectivity index is 2.16. The summed E-state index contributed by atoms with van der Waals surface area (Å²) in [5, 5.41) is 0. The molecule has 1 saturated carbocycles. The third-order valence-electron chi connectivity index (χ3n) is 4.30. The number of fused-ring (bicyclic) bond motifs is 1. The number of amides is 1. The number of esters is 1. The number of ether oxygens (including phenoxy) is 2. The zero-order chi connectivity index (χ0) is 14.7. The topological polar surface area (TPSA) is 55.8 Å². The molecule has 4 atom stereocenters. The lowest BCUT2D eigenvalue weighted by Gasteiger charge is -2.36. The van der Waals surface area contributed by atoms with Gasteiger partial charge in [-0.1, -0.05) is 12.8 Å². The lowest BCUT2D eigenvalue weighted by molar-refractivity contribution is -0.153. The summed E-state index contributed by atoms with van der Waals surface area (Å²) in [6.07, 6.45) is 8.72. The molecule has 1 aliphatic carbocycles. The molecule has 0 aromatic heterocycles. The van der Waals surface area contributed by atoms with Crippen LogP contribution in [-0.2, 0) is 14.3 Å². The molecular formula is C15H21NO4. The number of likely N-dealkylation sites (tertiary alicyclic amines) is 1. The van der Waals surface area contributed by atoms with E-state index in [4.69, 9.17) is 15.9 Å². The van der Waals surface area contributed by atoms with E-state index >= 15 is 0 Å². The van der Waals surface area contributed by atoms with Gasteiger partial charge in [-0.25, -0.2) is 4.79 Å². The zero-order valence-corrected chi connectivity index (χ0v) is 12.0. The van der Waals surface area contributed by atoms with Crippen LogP contribution in [0, 0.1) is 18.3 Å². The molecule has 2 aliphatic rings. The van der Waals surface area contributed by atoms with Gasteiger partial charge in [-0.15, -0.1) is 6.42 Å². The van der Waals surface area contributed by atoms with Crippen molar-refractivity contribution in [3.8, 4) is 12.3 Å². The highest BCUT2D eigenvalue weighted by molar-refractivity contribution is 5.70.